The van der Waals surface area contributed by atoms with Crippen LogP contribution in [-0.4, -0.2) is 32.8 Å². The summed E-state index contributed by atoms with van der Waals surface area (Å²) in [7, 11) is 1.83. The Morgan fingerprint density at radius 2 is 2.22 bits per heavy atom. The minimum atomic E-state index is -0.853. The van der Waals surface area contributed by atoms with Crippen LogP contribution in [0, 0.1) is 6.92 Å². The monoisotopic (exact) mass is 253 g/mol. The number of aliphatic carboxylic acids is 1. The highest BCUT2D eigenvalue weighted by atomic mass is 16.4. The van der Waals surface area contributed by atoms with E-state index in [1.807, 2.05) is 20.2 Å². The van der Waals surface area contributed by atoms with Crippen molar-refractivity contribution in [2.75, 3.05) is 0 Å². The lowest BCUT2D eigenvalue weighted by molar-refractivity contribution is -0.137. The molecule has 0 bridgehead atoms. The van der Waals surface area contributed by atoms with Crippen molar-refractivity contribution in [3.63, 3.8) is 0 Å². The number of nitrogens with one attached hydrogen (secondary N) is 1. The number of aromatic nitrogens is 2. The Morgan fingerprint density at radius 1 is 1.56 bits per heavy atom. The van der Waals surface area contributed by atoms with Crippen LogP contribution in [0.25, 0.3) is 0 Å². The van der Waals surface area contributed by atoms with E-state index in [0.29, 0.717) is 12.8 Å². The zero-order valence-electron chi connectivity index (χ0n) is 10.9. The molecule has 1 atom stereocenters. The minimum absolute atomic E-state index is 0.0459. The van der Waals surface area contributed by atoms with E-state index >= 15 is 0 Å². The minimum Gasteiger partial charge on any atom is -0.481 e. The molecule has 6 heteroatoms. The molecule has 2 N–H and O–H groups in total. The predicted octanol–water partition coefficient (Wildman–Crippen LogP) is 0.641. The number of hydrogen-bond acceptors (Lipinski definition) is 3. The van der Waals surface area contributed by atoms with Crippen LogP contribution in [0.5, 0.6) is 0 Å². The lowest BCUT2D eigenvalue weighted by Crippen LogP contribution is -2.35. The Kier molecular flexibility index (Phi) is 4.88. The van der Waals surface area contributed by atoms with Gasteiger partial charge in [-0.2, -0.15) is 5.10 Å². The maximum Gasteiger partial charge on any atom is 0.303 e. The summed E-state index contributed by atoms with van der Waals surface area (Å²) in [6, 6.07) is -0.165. The molecule has 100 valence electrons. The maximum atomic E-state index is 11.1. The zero-order valence-corrected chi connectivity index (χ0v) is 10.9. The molecule has 1 unspecified atom stereocenters. The third-order valence-electron chi connectivity index (χ3n) is 2.70. The molecule has 0 aromatic carbocycles. The zero-order chi connectivity index (χ0) is 13.7. The van der Waals surface area contributed by atoms with Gasteiger partial charge in [-0.3, -0.25) is 14.3 Å². The van der Waals surface area contributed by atoms with E-state index in [4.69, 9.17) is 5.11 Å². The Balaban J connectivity index is 2.68. The predicted molar refractivity (Wildman–Crippen MR) is 66.1 cm³/mol. The number of carbonyl (C=O) groups is 2. The van der Waals surface area contributed by atoms with Crippen molar-refractivity contribution in [1.29, 1.82) is 0 Å². The van der Waals surface area contributed by atoms with Crippen LogP contribution in [0.1, 0.15) is 31.0 Å². The Bertz CT molecular complexity index is 440. The number of carboxylic acids is 1. The van der Waals surface area contributed by atoms with Crippen LogP contribution in [0.3, 0.4) is 0 Å². The lowest BCUT2D eigenvalue weighted by atomic mass is 10.0. The van der Waals surface area contributed by atoms with Crippen LogP contribution < -0.4 is 5.32 Å². The van der Waals surface area contributed by atoms with E-state index < -0.39 is 5.97 Å². The van der Waals surface area contributed by atoms with Gasteiger partial charge in [0.15, 0.2) is 0 Å². The Labute approximate surface area is 106 Å². The van der Waals surface area contributed by atoms with E-state index in [0.717, 1.165) is 11.3 Å². The van der Waals surface area contributed by atoms with Crippen molar-refractivity contribution in [2.45, 2.75) is 39.2 Å². The van der Waals surface area contributed by atoms with Crippen molar-refractivity contribution >= 4 is 11.9 Å². The summed E-state index contributed by atoms with van der Waals surface area (Å²) in [6.07, 6.45) is 2.96. The second kappa shape index (κ2) is 6.18. The molecule has 0 aliphatic carbocycles. The summed E-state index contributed by atoms with van der Waals surface area (Å²) in [5.74, 6) is -1.000. The third kappa shape index (κ3) is 4.57. The van der Waals surface area contributed by atoms with Gasteiger partial charge in [-0.15, -0.1) is 0 Å². The Hall–Kier alpha value is -1.85. The third-order valence-corrected chi connectivity index (χ3v) is 2.70. The smallest absolute Gasteiger partial charge is 0.303 e. The normalized spacial score (nSPS) is 12.2. The molecule has 0 spiro atoms. The van der Waals surface area contributed by atoms with E-state index in [1.54, 1.807) is 4.68 Å². The van der Waals surface area contributed by atoms with Crippen molar-refractivity contribution in [2.24, 2.45) is 7.05 Å². The number of carbonyl (C=O) groups excluding carboxylic acids is 1. The van der Waals surface area contributed by atoms with Crippen LogP contribution in [0.2, 0.25) is 0 Å². The number of hydrogen-bond donors (Lipinski definition) is 2. The first kappa shape index (κ1) is 14.2. The van der Waals surface area contributed by atoms with Gasteiger partial charge in [-0.25, -0.2) is 0 Å². The molecular formula is C12H19N3O3. The molecule has 1 aromatic rings. The molecule has 0 saturated carbocycles. The molecule has 0 aliphatic heterocycles. The number of nitrogens with zero attached hydrogens (tertiary/aromatic N) is 2. The standard InChI is InChI=1S/C12H19N3O3/c1-8-10(7-15(3)14-8)6-11(13-9(2)16)4-5-12(17)18/h7,11H,4-6H2,1-3H3,(H,13,16)(H,17,18). The van der Waals surface area contributed by atoms with Gasteiger partial charge in [0.1, 0.15) is 0 Å². The Morgan fingerprint density at radius 3 is 2.67 bits per heavy atom. The second-order valence-corrected chi connectivity index (χ2v) is 4.45. The fourth-order valence-corrected chi connectivity index (χ4v) is 1.92. The van der Waals surface area contributed by atoms with Gasteiger partial charge in [0.25, 0.3) is 0 Å². The first-order chi connectivity index (χ1) is 8.38. The fourth-order valence-electron chi connectivity index (χ4n) is 1.92. The molecule has 6 nitrogen and oxygen atoms in total. The van der Waals surface area contributed by atoms with Gasteiger partial charge in [-0.1, -0.05) is 0 Å². The van der Waals surface area contributed by atoms with E-state index in [1.165, 1.54) is 6.92 Å². The fraction of sp³-hybridized carbons (Fsp3) is 0.583. The number of amides is 1. The van der Waals surface area contributed by atoms with E-state index in [2.05, 4.69) is 10.4 Å². The van der Waals surface area contributed by atoms with E-state index in [-0.39, 0.29) is 18.4 Å². The molecule has 0 radical (unpaired) electrons. The molecule has 0 fully saturated rings. The van der Waals surface area contributed by atoms with E-state index in [9.17, 15) is 9.59 Å². The molecule has 1 heterocycles. The molecule has 1 rings (SSSR count). The number of carboxylic acid groups (broad SMARTS) is 1. The molecular weight excluding hydrogens is 234 g/mol. The topological polar surface area (TPSA) is 84.2 Å². The highest BCUT2D eigenvalue weighted by molar-refractivity contribution is 5.73. The highest BCUT2D eigenvalue weighted by Crippen LogP contribution is 2.11. The molecule has 1 aromatic heterocycles. The molecule has 18 heavy (non-hydrogen) atoms. The highest BCUT2D eigenvalue weighted by Gasteiger charge is 2.15. The lowest BCUT2D eigenvalue weighted by Gasteiger charge is -2.16. The van der Waals surface area contributed by atoms with Crippen molar-refractivity contribution in [3.05, 3.63) is 17.5 Å². The summed E-state index contributed by atoms with van der Waals surface area (Å²) in [6.45, 7) is 3.33. The van der Waals surface area contributed by atoms with Gasteiger partial charge in [0, 0.05) is 32.6 Å². The molecule has 0 aliphatic rings. The summed E-state index contributed by atoms with van der Waals surface area (Å²) in [4.78, 5) is 21.7. The summed E-state index contributed by atoms with van der Waals surface area (Å²) < 4.78 is 1.71. The largest absolute Gasteiger partial charge is 0.481 e. The van der Waals surface area contributed by atoms with Crippen LogP contribution in [0.15, 0.2) is 6.20 Å². The number of rotatable bonds is 6. The average molecular weight is 253 g/mol. The first-order valence-corrected chi connectivity index (χ1v) is 5.86. The van der Waals surface area contributed by atoms with Gasteiger partial charge in [0.05, 0.1) is 5.69 Å². The second-order valence-electron chi connectivity index (χ2n) is 4.45. The van der Waals surface area contributed by atoms with Crippen molar-refractivity contribution in [3.8, 4) is 0 Å². The maximum absolute atomic E-state index is 11.1. The molecule has 0 saturated heterocycles. The average Bonchev–Trinajstić information content (AvgIpc) is 2.53. The van der Waals surface area contributed by atoms with Crippen molar-refractivity contribution in [1.82, 2.24) is 15.1 Å². The van der Waals surface area contributed by atoms with Gasteiger partial charge < -0.3 is 10.4 Å². The van der Waals surface area contributed by atoms with Crippen LogP contribution in [-0.2, 0) is 23.1 Å². The van der Waals surface area contributed by atoms with Gasteiger partial charge in [0.2, 0.25) is 5.91 Å². The first-order valence-electron chi connectivity index (χ1n) is 5.86. The number of aryl methyl sites for hydroxylation is 2. The molecule has 1 amide bonds. The summed E-state index contributed by atoms with van der Waals surface area (Å²) >= 11 is 0. The summed E-state index contributed by atoms with van der Waals surface area (Å²) in [5.41, 5.74) is 1.94. The van der Waals surface area contributed by atoms with Gasteiger partial charge in [-0.05, 0) is 25.3 Å². The van der Waals surface area contributed by atoms with Gasteiger partial charge >= 0.3 is 5.97 Å². The van der Waals surface area contributed by atoms with Crippen LogP contribution >= 0.6 is 0 Å². The van der Waals surface area contributed by atoms with Crippen molar-refractivity contribution < 1.29 is 14.7 Å². The van der Waals surface area contributed by atoms with Crippen LogP contribution in [0.4, 0.5) is 0 Å². The quantitative estimate of drug-likeness (QED) is 0.779. The summed E-state index contributed by atoms with van der Waals surface area (Å²) in [5, 5.41) is 15.7. The SMILES string of the molecule is CC(=O)NC(CCC(=O)O)Cc1cn(C)nc1C.